The summed E-state index contributed by atoms with van der Waals surface area (Å²) in [5.74, 6) is 0.522. The van der Waals surface area contributed by atoms with Crippen LogP contribution in [0.3, 0.4) is 0 Å². The van der Waals surface area contributed by atoms with Crippen molar-refractivity contribution in [3.8, 4) is 16.9 Å². The Morgan fingerprint density at radius 2 is 2.00 bits per heavy atom. The lowest BCUT2D eigenvalue weighted by Gasteiger charge is -2.25. The monoisotopic (exact) mass is 282 g/mol. The Bertz CT molecular complexity index is 634. The van der Waals surface area contributed by atoms with E-state index in [4.69, 9.17) is 9.47 Å². The molecule has 0 unspecified atom stereocenters. The van der Waals surface area contributed by atoms with Crippen molar-refractivity contribution in [1.29, 1.82) is 0 Å². The van der Waals surface area contributed by atoms with Crippen LogP contribution in [0.2, 0.25) is 0 Å². The summed E-state index contributed by atoms with van der Waals surface area (Å²) in [6.45, 7) is 2.19. The van der Waals surface area contributed by atoms with Crippen LogP contribution in [0, 0.1) is 0 Å². The molecule has 0 N–H and O–H groups in total. The Morgan fingerprint density at radius 3 is 2.76 bits per heavy atom. The van der Waals surface area contributed by atoms with Crippen LogP contribution < -0.4 is 4.74 Å². The van der Waals surface area contributed by atoms with E-state index in [1.807, 2.05) is 30.3 Å². The molecular formula is C18H18O3. The first-order chi connectivity index (χ1) is 10.3. The van der Waals surface area contributed by atoms with Gasteiger partial charge in [0.15, 0.2) is 6.10 Å². The van der Waals surface area contributed by atoms with Crippen LogP contribution in [-0.4, -0.2) is 18.7 Å². The van der Waals surface area contributed by atoms with Gasteiger partial charge >= 0.3 is 5.97 Å². The van der Waals surface area contributed by atoms with Crippen molar-refractivity contribution in [1.82, 2.24) is 0 Å². The van der Waals surface area contributed by atoms with Gasteiger partial charge in [0.2, 0.25) is 0 Å². The number of aryl methyl sites for hydroxylation is 1. The molecule has 21 heavy (non-hydrogen) atoms. The number of fused-ring (bicyclic) bond motifs is 1. The summed E-state index contributed by atoms with van der Waals surface area (Å²) >= 11 is 0. The van der Waals surface area contributed by atoms with Gasteiger partial charge in [0.05, 0.1) is 6.61 Å². The molecule has 0 aromatic heterocycles. The van der Waals surface area contributed by atoms with E-state index in [2.05, 4.69) is 18.2 Å². The standard InChI is InChI=1S/C18H18O3/c1-2-20-18(19)17-11-9-15-12-14(8-10-16(15)21-17)13-6-4-3-5-7-13/h3-8,10,12,17H,2,9,11H2,1H3/t17-/m0/s1. The summed E-state index contributed by atoms with van der Waals surface area (Å²) in [6.07, 6.45) is 1.03. The minimum absolute atomic E-state index is 0.268. The van der Waals surface area contributed by atoms with Crippen LogP contribution in [0.4, 0.5) is 0 Å². The summed E-state index contributed by atoms with van der Waals surface area (Å²) < 4.78 is 10.8. The van der Waals surface area contributed by atoms with Gasteiger partial charge in [0.25, 0.3) is 0 Å². The molecule has 0 radical (unpaired) electrons. The third-order valence-electron chi connectivity index (χ3n) is 3.66. The first-order valence-corrected chi connectivity index (χ1v) is 7.29. The van der Waals surface area contributed by atoms with E-state index in [1.54, 1.807) is 6.92 Å². The van der Waals surface area contributed by atoms with Gasteiger partial charge in [-0.15, -0.1) is 0 Å². The van der Waals surface area contributed by atoms with Crippen molar-refractivity contribution < 1.29 is 14.3 Å². The quantitative estimate of drug-likeness (QED) is 0.807. The van der Waals surface area contributed by atoms with E-state index < -0.39 is 6.10 Å². The summed E-state index contributed by atoms with van der Waals surface area (Å²) in [4.78, 5) is 11.7. The summed E-state index contributed by atoms with van der Waals surface area (Å²) in [6, 6.07) is 16.4. The van der Waals surface area contributed by atoms with E-state index in [-0.39, 0.29) is 5.97 Å². The maximum Gasteiger partial charge on any atom is 0.347 e. The lowest BCUT2D eigenvalue weighted by Crippen LogP contribution is -2.32. The summed E-state index contributed by atoms with van der Waals surface area (Å²) in [7, 11) is 0. The molecule has 0 bridgehead atoms. The third kappa shape index (κ3) is 2.92. The van der Waals surface area contributed by atoms with Crippen LogP contribution in [0.1, 0.15) is 18.9 Å². The van der Waals surface area contributed by atoms with Crippen LogP contribution in [0.15, 0.2) is 48.5 Å². The van der Waals surface area contributed by atoms with Crippen molar-refractivity contribution in [2.24, 2.45) is 0 Å². The molecule has 1 aliphatic rings. The molecule has 1 aliphatic heterocycles. The highest BCUT2D eigenvalue weighted by atomic mass is 16.6. The predicted molar refractivity (Wildman–Crippen MR) is 81.2 cm³/mol. The molecule has 3 heteroatoms. The molecule has 0 saturated carbocycles. The zero-order valence-electron chi connectivity index (χ0n) is 12.0. The second-order valence-corrected chi connectivity index (χ2v) is 5.09. The van der Waals surface area contributed by atoms with Gasteiger partial charge in [-0.2, -0.15) is 0 Å². The Kier molecular flexibility index (Phi) is 3.91. The zero-order valence-corrected chi connectivity index (χ0v) is 12.0. The highest BCUT2D eigenvalue weighted by molar-refractivity contribution is 5.76. The van der Waals surface area contributed by atoms with Crippen LogP contribution in [-0.2, 0) is 16.0 Å². The van der Waals surface area contributed by atoms with Crippen molar-refractivity contribution in [2.75, 3.05) is 6.61 Å². The maximum atomic E-state index is 11.7. The normalized spacial score (nSPS) is 16.7. The number of rotatable bonds is 3. The Hall–Kier alpha value is -2.29. The van der Waals surface area contributed by atoms with Crippen molar-refractivity contribution in [3.63, 3.8) is 0 Å². The number of hydrogen-bond acceptors (Lipinski definition) is 3. The van der Waals surface area contributed by atoms with Gasteiger partial charge < -0.3 is 9.47 Å². The molecule has 3 rings (SSSR count). The average Bonchev–Trinajstić information content (AvgIpc) is 2.55. The third-order valence-corrected chi connectivity index (χ3v) is 3.66. The second kappa shape index (κ2) is 6.00. The second-order valence-electron chi connectivity index (χ2n) is 5.09. The topological polar surface area (TPSA) is 35.5 Å². The lowest BCUT2D eigenvalue weighted by atomic mass is 9.97. The van der Waals surface area contributed by atoms with E-state index in [0.717, 1.165) is 17.7 Å². The number of hydrogen-bond donors (Lipinski definition) is 0. The lowest BCUT2D eigenvalue weighted by molar-refractivity contribution is -0.152. The van der Waals surface area contributed by atoms with E-state index in [9.17, 15) is 4.79 Å². The average molecular weight is 282 g/mol. The first-order valence-electron chi connectivity index (χ1n) is 7.29. The van der Waals surface area contributed by atoms with Crippen LogP contribution >= 0.6 is 0 Å². The first kappa shape index (κ1) is 13.7. The Morgan fingerprint density at radius 1 is 1.19 bits per heavy atom. The summed E-state index contributed by atoms with van der Waals surface area (Å²) in [5.41, 5.74) is 3.51. The van der Waals surface area contributed by atoms with Gasteiger partial charge in [-0.05, 0) is 48.6 Å². The number of carbonyl (C=O) groups excluding carboxylic acids is 1. The Labute approximate surface area is 124 Å². The molecule has 1 heterocycles. The predicted octanol–water partition coefficient (Wildman–Crippen LogP) is 3.61. The molecular weight excluding hydrogens is 264 g/mol. The van der Waals surface area contributed by atoms with E-state index >= 15 is 0 Å². The fraction of sp³-hybridized carbons (Fsp3) is 0.278. The number of esters is 1. The molecule has 0 fully saturated rings. The van der Waals surface area contributed by atoms with Crippen molar-refractivity contribution in [2.45, 2.75) is 25.9 Å². The van der Waals surface area contributed by atoms with Gasteiger partial charge in [-0.1, -0.05) is 36.4 Å². The molecule has 2 aromatic carbocycles. The fourth-order valence-electron chi connectivity index (χ4n) is 2.60. The molecule has 0 aliphatic carbocycles. The zero-order chi connectivity index (χ0) is 14.7. The molecule has 0 spiro atoms. The maximum absolute atomic E-state index is 11.7. The van der Waals surface area contributed by atoms with Gasteiger partial charge in [0.1, 0.15) is 5.75 Å². The van der Waals surface area contributed by atoms with Crippen LogP contribution in [0.25, 0.3) is 11.1 Å². The number of ether oxygens (including phenoxy) is 2. The fourth-order valence-corrected chi connectivity index (χ4v) is 2.60. The summed E-state index contributed by atoms with van der Waals surface area (Å²) in [5, 5.41) is 0. The van der Waals surface area contributed by atoms with E-state index in [0.29, 0.717) is 13.0 Å². The van der Waals surface area contributed by atoms with Crippen molar-refractivity contribution in [3.05, 3.63) is 54.1 Å². The van der Waals surface area contributed by atoms with Gasteiger partial charge in [0, 0.05) is 0 Å². The molecule has 1 atom stereocenters. The smallest absolute Gasteiger partial charge is 0.347 e. The molecule has 0 saturated heterocycles. The van der Waals surface area contributed by atoms with Crippen molar-refractivity contribution >= 4 is 5.97 Å². The highest BCUT2D eigenvalue weighted by Crippen LogP contribution is 2.32. The van der Waals surface area contributed by atoms with E-state index in [1.165, 1.54) is 11.1 Å². The SMILES string of the molecule is CCOC(=O)[C@@H]1CCc2cc(-c3ccccc3)ccc2O1. The van der Waals surface area contributed by atoms with Gasteiger partial charge in [-0.25, -0.2) is 4.79 Å². The van der Waals surface area contributed by atoms with Gasteiger partial charge in [-0.3, -0.25) is 0 Å². The molecule has 3 nitrogen and oxygen atoms in total. The molecule has 0 amide bonds. The number of carbonyl (C=O) groups is 1. The minimum Gasteiger partial charge on any atom is -0.478 e. The highest BCUT2D eigenvalue weighted by Gasteiger charge is 2.27. The number of benzene rings is 2. The van der Waals surface area contributed by atoms with Crippen LogP contribution in [0.5, 0.6) is 5.75 Å². The molecule has 2 aromatic rings. The Balaban J connectivity index is 1.81. The minimum atomic E-state index is -0.472. The molecule has 108 valence electrons. The largest absolute Gasteiger partial charge is 0.478 e.